The van der Waals surface area contributed by atoms with E-state index in [4.69, 9.17) is 5.73 Å². The monoisotopic (exact) mass is 249 g/mol. The number of pyridine rings is 1. The maximum atomic E-state index is 11.8. The van der Waals surface area contributed by atoms with E-state index < -0.39 is 0 Å². The summed E-state index contributed by atoms with van der Waals surface area (Å²) in [6.45, 7) is 1.36. The smallest absolute Gasteiger partial charge is 0.252 e. The van der Waals surface area contributed by atoms with E-state index in [1.165, 1.54) is 24.8 Å². The highest BCUT2D eigenvalue weighted by molar-refractivity contribution is 5.93. The SMILES string of the molecule is NCC1CCCC1CNC(=O)c1ccc(=O)[nH]c1. The van der Waals surface area contributed by atoms with Gasteiger partial charge in [-0.1, -0.05) is 6.42 Å². The molecule has 0 saturated heterocycles. The number of H-pyrrole nitrogens is 1. The molecule has 5 nitrogen and oxygen atoms in total. The number of nitrogens with two attached hydrogens (primary N) is 1. The van der Waals surface area contributed by atoms with Gasteiger partial charge in [0.2, 0.25) is 5.56 Å². The van der Waals surface area contributed by atoms with Crippen LogP contribution in [0.15, 0.2) is 23.1 Å². The Labute approximate surface area is 106 Å². The minimum atomic E-state index is -0.203. The Morgan fingerprint density at radius 3 is 2.83 bits per heavy atom. The summed E-state index contributed by atoms with van der Waals surface area (Å²) in [5, 5.41) is 2.91. The molecule has 2 unspecified atom stereocenters. The first kappa shape index (κ1) is 12.8. The fourth-order valence-electron chi connectivity index (χ4n) is 2.57. The van der Waals surface area contributed by atoms with Gasteiger partial charge in [-0.3, -0.25) is 9.59 Å². The Morgan fingerprint density at radius 1 is 1.39 bits per heavy atom. The molecule has 1 aromatic heterocycles. The van der Waals surface area contributed by atoms with Gasteiger partial charge in [-0.05, 0) is 37.3 Å². The quantitative estimate of drug-likeness (QED) is 0.725. The molecule has 1 fully saturated rings. The van der Waals surface area contributed by atoms with Crippen LogP contribution in [0, 0.1) is 11.8 Å². The number of hydrogen-bond acceptors (Lipinski definition) is 3. The fourth-order valence-corrected chi connectivity index (χ4v) is 2.57. The third-order valence-electron chi connectivity index (χ3n) is 3.69. The first-order valence-electron chi connectivity index (χ1n) is 6.37. The third kappa shape index (κ3) is 2.98. The molecule has 98 valence electrons. The molecule has 5 heteroatoms. The molecule has 2 rings (SSSR count). The van der Waals surface area contributed by atoms with Gasteiger partial charge in [0.1, 0.15) is 0 Å². The molecule has 1 aliphatic rings. The Kier molecular flexibility index (Phi) is 4.15. The van der Waals surface area contributed by atoms with Crippen LogP contribution < -0.4 is 16.6 Å². The summed E-state index contributed by atoms with van der Waals surface area (Å²) in [7, 11) is 0. The Bertz CT molecular complexity index is 449. The molecule has 0 radical (unpaired) electrons. The van der Waals surface area contributed by atoms with Crippen LogP contribution in [0.5, 0.6) is 0 Å². The predicted octanol–water partition coefficient (Wildman–Crippen LogP) is 0.480. The van der Waals surface area contributed by atoms with E-state index in [0.717, 1.165) is 12.8 Å². The van der Waals surface area contributed by atoms with Crippen LogP contribution in [0.3, 0.4) is 0 Å². The second kappa shape index (κ2) is 5.82. The van der Waals surface area contributed by atoms with Crippen molar-refractivity contribution in [2.45, 2.75) is 19.3 Å². The topological polar surface area (TPSA) is 88.0 Å². The van der Waals surface area contributed by atoms with E-state index in [2.05, 4.69) is 10.3 Å². The number of amides is 1. The van der Waals surface area contributed by atoms with Gasteiger partial charge in [-0.2, -0.15) is 0 Å². The van der Waals surface area contributed by atoms with Gasteiger partial charge in [-0.15, -0.1) is 0 Å². The Balaban J connectivity index is 1.88. The highest BCUT2D eigenvalue weighted by Gasteiger charge is 2.26. The van der Waals surface area contributed by atoms with Gasteiger partial charge < -0.3 is 16.0 Å². The number of hydrogen-bond donors (Lipinski definition) is 3. The van der Waals surface area contributed by atoms with Gasteiger partial charge in [0, 0.05) is 18.8 Å². The minimum Gasteiger partial charge on any atom is -0.352 e. The molecule has 1 saturated carbocycles. The number of rotatable bonds is 4. The highest BCUT2D eigenvalue weighted by atomic mass is 16.1. The Morgan fingerprint density at radius 2 is 2.17 bits per heavy atom. The van der Waals surface area contributed by atoms with Crippen molar-refractivity contribution in [1.29, 1.82) is 0 Å². The zero-order valence-electron chi connectivity index (χ0n) is 10.3. The predicted molar refractivity (Wildman–Crippen MR) is 69.3 cm³/mol. The number of carbonyl (C=O) groups is 1. The summed E-state index contributed by atoms with van der Waals surface area (Å²) in [5.74, 6) is 0.872. The van der Waals surface area contributed by atoms with Crippen LogP contribution in [0.2, 0.25) is 0 Å². The number of aromatic amines is 1. The average Bonchev–Trinajstić information content (AvgIpc) is 2.84. The van der Waals surface area contributed by atoms with Crippen molar-refractivity contribution in [1.82, 2.24) is 10.3 Å². The van der Waals surface area contributed by atoms with E-state index in [1.807, 2.05) is 0 Å². The standard InChI is InChI=1S/C13H19N3O2/c14-6-9-2-1-3-10(9)7-16-13(18)11-4-5-12(17)15-8-11/h4-5,8-10H,1-3,6-7,14H2,(H,15,17)(H,16,18). The number of aromatic nitrogens is 1. The molecule has 0 bridgehead atoms. The number of nitrogens with one attached hydrogen (secondary N) is 2. The molecule has 18 heavy (non-hydrogen) atoms. The van der Waals surface area contributed by atoms with Gasteiger partial charge in [0.05, 0.1) is 5.56 Å². The maximum absolute atomic E-state index is 11.8. The fraction of sp³-hybridized carbons (Fsp3) is 0.538. The molecule has 4 N–H and O–H groups in total. The molecule has 0 spiro atoms. The lowest BCUT2D eigenvalue weighted by Gasteiger charge is -2.18. The van der Waals surface area contributed by atoms with E-state index in [0.29, 0.717) is 30.5 Å². The molecule has 2 atom stereocenters. The van der Waals surface area contributed by atoms with Crippen LogP contribution in [-0.4, -0.2) is 24.0 Å². The first-order valence-corrected chi connectivity index (χ1v) is 6.37. The first-order chi connectivity index (χ1) is 8.70. The molecular weight excluding hydrogens is 230 g/mol. The van der Waals surface area contributed by atoms with E-state index >= 15 is 0 Å². The molecular formula is C13H19N3O2. The van der Waals surface area contributed by atoms with E-state index in [-0.39, 0.29) is 11.5 Å². The molecule has 1 heterocycles. The van der Waals surface area contributed by atoms with Crippen LogP contribution in [0.4, 0.5) is 0 Å². The zero-order chi connectivity index (χ0) is 13.0. The molecule has 0 aliphatic heterocycles. The lowest BCUT2D eigenvalue weighted by molar-refractivity contribution is 0.0943. The van der Waals surface area contributed by atoms with Gasteiger partial charge in [-0.25, -0.2) is 0 Å². The molecule has 1 aliphatic carbocycles. The van der Waals surface area contributed by atoms with E-state index in [1.54, 1.807) is 0 Å². The van der Waals surface area contributed by atoms with Crippen molar-refractivity contribution in [2.24, 2.45) is 17.6 Å². The Hall–Kier alpha value is -1.62. The maximum Gasteiger partial charge on any atom is 0.252 e. The van der Waals surface area contributed by atoms with Crippen molar-refractivity contribution in [3.63, 3.8) is 0 Å². The minimum absolute atomic E-state index is 0.145. The van der Waals surface area contributed by atoms with Gasteiger partial charge in [0.25, 0.3) is 5.91 Å². The summed E-state index contributed by atoms with van der Waals surface area (Å²) in [5.41, 5.74) is 5.99. The third-order valence-corrected chi connectivity index (χ3v) is 3.69. The normalized spacial score (nSPS) is 22.9. The van der Waals surface area contributed by atoms with Crippen LogP contribution in [0.1, 0.15) is 29.6 Å². The summed E-state index contributed by atoms with van der Waals surface area (Å²) in [4.78, 5) is 25.2. The van der Waals surface area contributed by atoms with Crippen molar-refractivity contribution >= 4 is 5.91 Å². The van der Waals surface area contributed by atoms with Crippen LogP contribution in [-0.2, 0) is 0 Å². The number of carbonyl (C=O) groups excluding carboxylic acids is 1. The average molecular weight is 249 g/mol. The van der Waals surface area contributed by atoms with Crippen LogP contribution >= 0.6 is 0 Å². The second-order valence-corrected chi connectivity index (χ2v) is 4.84. The lowest BCUT2D eigenvalue weighted by atomic mass is 9.96. The zero-order valence-corrected chi connectivity index (χ0v) is 10.3. The largest absolute Gasteiger partial charge is 0.352 e. The van der Waals surface area contributed by atoms with Gasteiger partial charge in [0.15, 0.2) is 0 Å². The van der Waals surface area contributed by atoms with Crippen molar-refractivity contribution in [2.75, 3.05) is 13.1 Å². The summed E-state index contributed by atoms with van der Waals surface area (Å²) in [6.07, 6.45) is 4.93. The summed E-state index contributed by atoms with van der Waals surface area (Å²) >= 11 is 0. The van der Waals surface area contributed by atoms with Crippen molar-refractivity contribution in [3.8, 4) is 0 Å². The summed E-state index contributed by atoms with van der Waals surface area (Å²) in [6, 6.07) is 2.89. The lowest BCUT2D eigenvalue weighted by Crippen LogP contribution is -2.33. The summed E-state index contributed by atoms with van der Waals surface area (Å²) < 4.78 is 0. The molecule has 1 aromatic rings. The van der Waals surface area contributed by atoms with E-state index in [9.17, 15) is 9.59 Å². The molecule has 0 aromatic carbocycles. The second-order valence-electron chi connectivity index (χ2n) is 4.84. The highest BCUT2D eigenvalue weighted by Crippen LogP contribution is 2.30. The molecule has 1 amide bonds. The van der Waals surface area contributed by atoms with Crippen LogP contribution in [0.25, 0.3) is 0 Å². The van der Waals surface area contributed by atoms with Gasteiger partial charge >= 0.3 is 0 Å². The van der Waals surface area contributed by atoms with Crippen molar-refractivity contribution in [3.05, 3.63) is 34.2 Å². The van der Waals surface area contributed by atoms with Crippen molar-refractivity contribution < 1.29 is 4.79 Å².